The number of rotatable bonds is 6. The predicted octanol–water partition coefficient (Wildman–Crippen LogP) is 2.61. The Hall–Kier alpha value is -2.96. The molecule has 184 valence electrons. The fraction of sp³-hybridized carbons (Fsp3) is 0.364. The number of halogens is 3. The summed E-state index contributed by atoms with van der Waals surface area (Å²) in [6, 6.07) is 6.78. The molecule has 1 N–H and O–H groups in total. The zero-order valence-corrected chi connectivity index (χ0v) is 19.5. The number of hydrogen-bond donors (Lipinski definition) is 1. The second-order valence-electron chi connectivity index (χ2n) is 8.04. The molecule has 0 radical (unpaired) electrons. The molecule has 0 aromatic heterocycles. The van der Waals surface area contributed by atoms with Crippen molar-refractivity contribution in [1.29, 1.82) is 0 Å². The van der Waals surface area contributed by atoms with Crippen molar-refractivity contribution in [2.75, 3.05) is 32.0 Å². The van der Waals surface area contributed by atoms with E-state index in [2.05, 4.69) is 5.32 Å². The summed E-state index contributed by atoms with van der Waals surface area (Å²) in [5.41, 5.74) is -0.442. The monoisotopic (exact) mass is 499 g/mol. The van der Waals surface area contributed by atoms with Crippen molar-refractivity contribution in [3.05, 3.63) is 59.4 Å². The van der Waals surface area contributed by atoms with Crippen molar-refractivity contribution in [1.82, 2.24) is 9.21 Å². The lowest BCUT2D eigenvalue weighted by molar-refractivity contribution is -0.116. The SMILES string of the molecule is C[C@@H]1CN(S(=O)(=O)c2ccc(C(=O)N(C)CC(=O)Nc3ccc(F)c(F)c3F)cc2)C[C@H](C)O1. The lowest BCUT2D eigenvalue weighted by atomic mass is 10.2. The van der Waals surface area contributed by atoms with Crippen LogP contribution in [0.25, 0.3) is 0 Å². The van der Waals surface area contributed by atoms with Gasteiger partial charge in [0.2, 0.25) is 15.9 Å². The van der Waals surface area contributed by atoms with Crippen molar-refractivity contribution < 1.29 is 35.9 Å². The van der Waals surface area contributed by atoms with Gasteiger partial charge in [-0.2, -0.15) is 4.31 Å². The van der Waals surface area contributed by atoms with Gasteiger partial charge in [-0.1, -0.05) is 0 Å². The first-order valence-electron chi connectivity index (χ1n) is 10.3. The number of nitrogens with zero attached hydrogens (tertiary/aromatic N) is 2. The molecule has 0 aliphatic carbocycles. The Bertz CT molecular complexity index is 1180. The van der Waals surface area contributed by atoms with Crippen LogP contribution in [0.4, 0.5) is 18.9 Å². The predicted molar refractivity (Wildman–Crippen MR) is 117 cm³/mol. The molecule has 8 nitrogen and oxygen atoms in total. The summed E-state index contributed by atoms with van der Waals surface area (Å²) in [6.07, 6.45) is -0.502. The highest BCUT2D eigenvalue weighted by atomic mass is 32.2. The van der Waals surface area contributed by atoms with Gasteiger partial charge in [0.05, 0.1) is 29.3 Å². The van der Waals surface area contributed by atoms with Crippen LogP contribution in [-0.2, 0) is 19.6 Å². The number of hydrogen-bond acceptors (Lipinski definition) is 5. The molecule has 1 aliphatic rings. The van der Waals surface area contributed by atoms with Gasteiger partial charge < -0.3 is 15.0 Å². The molecule has 1 aliphatic heterocycles. The number of ether oxygens (including phenoxy) is 1. The van der Waals surface area contributed by atoms with E-state index in [0.29, 0.717) is 6.07 Å². The van der Waals surface area contributed by atoms with E-state index in [1.807, 2.05) is 0 Å². The van der Waals surface area contributed by atoms with Crippen LogP contribution in [0.3, 0.4) is 0 Å². The lowest BCUT2D eigenvalue weighted by Gasteiger charge is -2.34. The molecule has 3 rings (SSSR count). The minimum Gasteiger partial charge on any atom is -0.373 e. The summed E-state index contributed by atoms with van der Waals surface area (Å²) >= 11 is 0. The zero-order valence-electron chi connectivity index (χ0n) is 18.7. The third-order valence-corrected chi connectivity index (χ3v) is 7.01. The molecular weight excluding hydrogens is 475 g/mol. The molecule has 1 heterocycles. The van der Waals surface area contributed by atoms with Gasteiger partial charge in [0.25, 0.3) is 5.91 Å². The van der Waals surface area contributed by atoms with Crippen LogP contribution in [-0.4, -0.2) is 68.3 Å². The smallest absolute Gasteiger partial charge is 0.254 e. The Labute approximate surface area is 195 Å². The lowest BCUT2D eigenvalue weighted by Crippen LogP contribution is -2.48. The Balaban J connectivity index is 1.66. The van der Waals surface area contributed by atoms with Crippen LogP contribution < -0.4 is 5.32 Å². The van der Waals surface area contributed by atoms with Crippen LogP contribution in [0.15, 0.2) is 41.3 Å². The molecule has 2 amide bonds. The second-order valence-corrected chi connectivity index (χ2v) is 9.97. The van der Waals surface area contributed by atoms with Gasteiger partial charge in [-0.3, -0.25) is 9.59 Å². The molecule has 34 heavy (non-hydrogen) atoms. The summed E-state index contributed by atoms with van der Waals surface area (Å²) in [6.45, 7) is 3.48. The van der Waals surface area contributed by atoms with Crippen LogP contribution in [0.2, 0.25) is 0 Å². The number of likely N-dealkylation sites (N-methyl/N-ethyl adjacent to an activating group) is 1. The van der Waals surface area contributed by atoms with Gasteiger partial charge in [0.1, 0.15) is 0 Å². The molecule has 2 aromatic carbocycles. The number of sulfonamides is 1. The first-order valence-corrected chi connectivity index (χ1v) is 11.8. The average molecular weight is 500 g/mol. The zero-order chi connectivity index (χ0) is 25.2. The van der Waals surface area contributed by atoms with E-state index in [0.717, 1.165) is 11.0 Å². The summed E-state index contributed by atoms with van der Waals surface area (Å²) < 4.78 is 72.8. The molecule has 0 saturated carbocycles. The van der Waals surface area contributed by atoms with Gasteiger partial charge in [0, 0.05) is 25.7 Å². The average Bonchev–Trinajstić information content (AvgIpc) is 2.78. The van der Waals surface area contributed by atoms with Crippen LogP contribution >= 0.6 is 0 Å². The van der Waals surface area contributed by atoms with Crippen molar-refractivity contribution in [2.24, 2.45) is 0 Å². The van der Waals surface area contributed by atoms with E-state index < -0.39 is 51.5 Å². The Morgan fingerprint density at radius 3 is 2.21 bits per heavy atom. The number of carbonyl (C=O) groups excluding carboxylic acids is 2. The van der Waals surface area contributed by atoms with Crippen LogP contribution in [0, 0.1) is 17.5 Å². The number of amides is 2. The van der Waals surface area contributed by atoms with Gasteiger partial charge >= 0.3 is 0 Å². The summed E-state index contributed by atoms with van der Waals surface area (Å²) in [5.74, 6) is -6.11. The number of benzene rings is 2. The minimum atomic E-state index is -3.78. The van der Waals surface area contributed by atoms with Crippen LogP contribution in [0.5, 0.6) is 0 Å². The molecule has 2 aromatic rings. The molecule has 1 saturated heterocycles. The molecule has 0 spiro atoms. The van der Waals surface area contributed by atoms with E-state index in [1.54, 1.807) is 13.8 Å². The molecule has 1 fully saturated rings. The maximum absolute atomic E-state index is 13.7. The number of nitrogens with one attached hydrogen (secondary N) is 1. The van der Waals surface area contributed by atoms with Crippen molar-refractivity contribution in [3.8, 4) is 0 Å². The Kier molecular flexibility index (Phi) is 7.64. The Morgan fingerprint density at radius 2 is 1.62 bits per heavy atom. The first kappa shape index (κ1) is 25.7. The normalized spacial score (nSPS) is 19.0. The van der Waals surface area contributed by atoms with Gasteiger partial charge in [-0.05, 0) is 50.2 Å². The standard InChI is InChI=1S/C22H24F3N3O5S/c1-13-10-28(11-14(2)33-13)34(31,32)16-6-4-15(5-7-16)22(30)27(3)12-19(29)26-18-9-8-17(23)20(24)21(18)25/h4-9,13-14H,10-12H2,1-3H3,(H,26,29)/t13-,14+. The van der Waals surface area contributed by atoms with E-state index in [1.165, 1.54) is 35.6 Å². The molecular formula is C22H24F3N3O5S. The maximum Gasteiger partial charge on any atom is 0.254 e. The Morgan fingerprint density at radius 1 is 1.03 bits per heavy atom. The number of morpholine rings is 1. The minimum absolute atomic E-state index is 0.0135. The van der Waals surface area contributed by atoms with E-state index in [-0.39, 0.29) is 35.8 Å². The van der Waals surface area contributed by atoms with E-state index >= 15 is 0 Å². The van der Waals surface area contributed by atoms with Crippen molar-refractivity contribution in [2.45, 2.75) is 31.0 Å². The largest absolute Gasteiger partial charge is 0.373 e. The molecule has 0 unspecified atom stereocenters. The van der Waals surface area contributed by atoms with Gasteiger partial charge in [-0.25, -0.2) is 21.6 Å². The summed E-state index contributed by atoms with van der Waals surface area (Å²) in [4.78, 5) is 25.8. The maximum atomic E-state index is 13.7. The molecule has 2 atom stereocenters. The van der Waals surface area contributed by atoms with Crippen molar-refractivity contribution >= 4 is 27.5 Å². The highest BCUT2D eigenvalue weighted by Gasteiger charge is 2.32. The topological polar surface area (TPSA) is 96.0 Å². The van der Waals surface area contributed by atoms with Gasteiger partial charge in [-0.15, -0.1) is 0 Å². The van der Waals surface area contributed by atoms with Crippen molar-refractivity contribution in [3.63, 3.8) is 0 Å². The first-order chi connectivity index (χ1) is 15.9. The third kappa shape index (κ3) is 5.57. The van der Waals surface area contributed by atoms with Crippen LogP contribution in [0.1, 0.15) is 24.2 Å². The highest BCUT2D eigenvalue weighted by Crippen LogP contribution is 2.22. The highest BCUT2D eigenvalue weighted by molar-refractivity contribution is 7.89. The number of anilines is 1. The van der Waals surface area contributed by atoms with E-state index in [9.17, 15) is 31.2 Å². The van der Waals surface area contributed by atoms with E-state index in [4.69, 9.17) is 4.74 Å². The fourth-order valence-electron chi connectivity index (χ4n) is 3.57. The number of carbonyl (C=O) groups is 2. The van der Waals surface area contributed by atoms with Gasteiger partial charge in [0.15, 0.2) is 17.5 Å². The molecule has 12 heteroatoms. The summed E-state index contributed by atoms with van der Waals surface area (Å²) in [5, 5.41) is 2.08. The quantitative estimate of drug-likeness (QED) is 0.617. The second kappa shape index (κ2) is 10.1. The summed E-state index contributed by atoms with van der Waals surface area (Å²) in [7, 11) is -2.47. The third-order valence-electron chi connectivity index (χ3n) is 5.16. The molecule has 0 bridgehead atoms. The fourth-order valence-corrected chi connectivity index (χ4v) is 5.16.